The van der Waals surface area contributed by atoms with Crippen LogP contribution in [0.2, 0.25) is 5.02 Å². The van der Waals surface area contributed by atoms with Gasteiger partial charge in [-0.25, -0.2) is 0 Å². The zero-order valence-electron chi connectivity index (χ0n) is 10.6. The molecule has 0 aliphatic rings. The van der Waals surface area contributed by atoms with E-state index in [0.717, 1.165) is 4.88 Å². The van der Waals surface area contributed by atoms with Crippen LogP contribution in [0.1, 0.15) is 15.2 Å². The molecule has 1 aromatic carbocycles. The van der Waals surface area contributed by atoms with Crippen molar-refractivity contribution in [1.82, 2.24) is 10.6 Å². The molecule has 0 bridgehead atoms. The molecule has 0 aliphatic heterocycles. The molecule has 0 radical (unpaired) electrons. The average Bonchev–Trinajstić information content (AvgIpc) is 2.95. The van der Waals surface area contributed by atoms with Crippen molar-refractivity contribution in [1.29, 1.82) is 0 Å². The summed E-state index contributed by atoms with van der Waals surface area (Å²) in [6.07, 6.45) is 0. The van der Waals surface area contributed by atoms with Crippen molar-refractivity contribution in [2.24, 2.45) is 0 Å². The monoisotopic (exact) mass is 308 g/mol. The largest absolute Gasteiger partial charge is 0.350 e. The van der Waals surface area contributed by atoms with Gasteiger partial charge in [-0.15, -0.1) is 11.3 Å². The summed E-state index contributed by atoms with van der Waals surface area (Å²) < 4.78 is 0. The Morgan fingerprint density at radius 3 is 2.70 bits per heavy atom. The molecule has 2 rings (SSSR count). The Balaban J connectivity index is 1.77. The van der Waals surface area contributed by atoms with Crippen molar-refractivity contribution in [3.8, 4) is 0 Å². The number of halogens is 1. The number of hydrogen-bond acceptors (Lipinski definition) is 3. The Hall–Kier alpha value is -1.85. The number of thiophene rings is 1. The van der Waals surface area contributed by atoms with Gasteiger partial charge in [-0.05, 0) is 29.6 Å². The maximum atomic E-state index is 11.8. The molecular formula is C14H13ClN2O2S. The summed E-state index contributed by atoms with van der Waals surface area (Å²) in [5.74, 6) is -0.549. The van der Waals surface area contributed by atoms with Gasteiger partial charge in [-0.2, -0.15) is 0 Å². The van der Waals surface area contributed by atoms with Gasteiger partial charge in [0.25, 0.3) is 5.91 Å². The first kappa shape index (κ1) is 14.6. The quantitative estimate of drug-likeness (QED) is 0.891. The lowest BCUT2D eigenvalue weighted by molar-refractivity contribution is -0.120. The van der Waals surface area contributed by atoms with Gasteiger partial charge in [-0.3, -0.25) is 9.59 Å². The SMILES string of the molecule is O=C(CNC(=O)c1cccc(Cl)c1)NCc1cccs1. The summed E-state index contributed by atoms with van der Waals surface area (Å²) in [6.45, 7) is 0.417. The van der Waals surface area contributed by atoms with Gasteiger partial charge in [0.05, 0.1) is 13.1 Å². The smallest absolute Gasteiger partial charge is 0.251 e. The highest BCUT2D eigenvalue weighted by atomic mass is 35.5. The standard InChI is InChI=1S/C14H13ClN2O2S/c15-11-4-1-3-10(7-11)14(19)17-9-13(18)16-8-12-5-2-6-20-12/h1-7H,8-9H2,(H,16,18)(H,17,19). The van der Waals surface area contributed by atoms with Gasteiger partial charge in [0, 0.05) is 15.5 Å². The van der Waals surface area contributed by atoms with Crippen LogP contribution in [-0.4, -0.2) is 18.4 Å². The first-order chi connectivity index (χ1) is 9.65. The molecular weight excluding hydrogens is 296 g/mol. The van der Waals surface area contributed by atoms with Gasteiger partial charge < -0.3 is 10.6 Å². The molecule has 0 atom stereocenters. The summed E-state index contributed by atoms with van der Waals surface area (Å²) in [5, 5.41) is 7.72. The fraction of sp³-hybridized carbons (Fsp3) is 0.143. The minimum atomic E-state index is -0.321. The predicted octanol–water partition coefficient (Wildman–Crippen LogP) is 2.45. The summed E-state index contributed by atoms with van der Waals surface area (Å²) in [5.41, 5.74) is 0.434. The molecule has 4 nitrogen and oxygen atoms in total. The first-order valence-corrected chi connectivity index (χ1v) is 7.24. The van der Waals surface area contributed by atoms with Crippen LogP contribution in [0, 0.1) is 0 Å². The average molecular weight is 309 g/mol. The van der Waals surface area contributed by atoms with Gasteiger partial charge in [0.15, 0.2) is 0 Å². The lowest BCUT2D eigenvalue weighted by atomic mass is 10.2. The lowest BCUT2D eigenvalue weighted by Crippen LogP contribution is -2.36. The summed E-state index contributed by atoms with van der Waals surface area (Å²) in [7, 11) is 0. The number of amides is 2. The number of carbonyl (C=O) groups is 2. The van der Waals surface area contributed by atoms with Crippen molar-refractivity contribution in [3.05, 3.63) is 57.2 Å². The van der Waals surface area contributed by atoms with Crippen LogP contribution in [0.4, 0.5) is 0 Å². The molecule has 0 saturated carbocycles. The van der Waals surface area contributed by atoms with Crippen LogP contribution >= 0.6 is 22.9 Å². The fourth-order valence-corrected chi connectivity index (χ4v) is 2.39. The number of nitrogens with one attached hydrogen (secondary N) is 2. The maximum Gasteiger partial charge on any atom is 0.251 e. The minimum absolute atomic E-state index is 0.0588. The van der Waals surface area contributed by atoms with Gasteiger partial charge in [-0.1, -0.05) is 23.7 Å². The Kier molecular flexibility index (Phi) is 5.15. The van der Waals surface area contributed by atoms with Crippen molar-refractivity contribution in [3.63, 3.8) is 0 Å². The van der Waals surface area contributed by atoms with Crippen LogP contribution in [0.3, 0.4) is 0 Å². The van der Waals surface area contributed by atoms with Crippen LogP contribution in [0.5, 0.6) is 0 Å². The molecule has 0 unspecified atom stereocenters. The van der Waals surface area contributed by atoms with E-state index < -0.39 is 0 Å². The molecule has 2 N–H and O–H groups in total. The van der Waals surface area contributed by atoms with Crippen LogP contribution in [-0.2, 0) is 11.3 Å². The zero-order chi connectivity index (χ0) is 14.4. The van der Waals surface area contributed by atoms with E-state index in [1.807, 2.05) is 17.5 Å². The maximum absolute atomic E-state index is 11.8. The fourth-order valence-electron chi connectivity index (χ4n) is 1.55. The van der Waals surface area contributed by atoms with Crippen molar-refractivity contribution in [2.75, 3.05) is 6.54 Å². The van der Waals surface area contributed by atoms with Crippen LogP contribution < -0.4 is 10.6 Å². The second-order valence-corrected chi connectivity index (χ2v) is 5.52. The molecule has 0 aliphatic carbocycles. The summed E-state index contributed by atoms with van der Waals surface area (Å²) >= 11 is 7.37. The first-order valence-electron chi connectivity index (χ1n) is 5.98. The van der Waals surface area contributed by atoms with Gasteiger partial charge in [0.1, 0.15) is 0 Å². The molecule has 1 aromatic heterocycles. The summed E-state index contributed by atoms with van der Waals surface area (Å²) in [4.78, 5) is 24.4. The summed E-state index contributed by atoms with van der Waals surface area (Å²) in [6, 6.07) is 10.4. The van der Waals surface area contributed by atoms with E-state index >= 15 is 0 Å². The van der Waals surface area contributed by atoms with E-state index in [4.69, 9.17) is 11.6 Å². The zero-order valence-corrected chi connectivity index (χ0v) is 12.1. The second kappa shape index (κ2) is 7.07. The van der Waals surface area contributed by atoms with E-state index in [1.54, 1.807) is 35.6 Å². The Labute approximate surface area is 125 Å². The van der Waals surface area contributed by atoms with Crippen molar-refractivity contribution < 1.29 is 9.59 Å². The van der Waals surface area contributed by atoms with E-state index in [2.05, 4.69) is 10.6 Å². The van der Waals surface area contributed by atoms with Crippen LogP contribution in [0.15, 0.2) is 41.8 Å². The lowest BCUT2D eigenvalue weighted by Gasteiger charge is -2.06. The molecule has 2 amide bonds. The second-order valence-electron chi connectivity index (χ2n) is 4.05. The topological polar surface area (TPSA) is 58.2 Å². The third-order valence-electron chi connectivity index (χ3n) is 2.54. The Morgan fingerprint density at radius 1 is 1.15 bits per heavy atom. The van der Waals surface area contributed by atoms with Gasteiger partial charge >= 0.3 is 0 Å². The number of hydrogen-bond donors (Lipinski definition) is 2. The molecule has 0 saturated heterocycles. The highest BCUT2D eigenvalue weighted by Gasteiger charge is 2.08. The Morgan fingerprint density at radius 2 is 2.00 bits per heavy atom. The third-order valence-corrected chi connectivity index (χ3v) is 3.65. The van der Waals surface area contributed by atoms with E-state index in [-0.39, 0.29) is 18.4 Å². The molecule has 6 heteroatoms. The van der Waals surface area contributed by atoms with Crippen molar-refractivity contribution in [2.45, 2.75) is 6.54 Å². The number of carbonyl (C=O) groups excluding carboxylic acids is 2. The minimum Gasteiger partial charge on any atom is -0.350 e. The molecule has 2 aromatic rings. The number of benzene rings is 1. The van der Waals surface area contributed by atoms with Gasteiger partial charge in [0.2, 0.25) is 5.91 Å². The Bertz CT molecular complexity index is 599. The molecule has 20 heavy (non-hydrogen) atoms. The van der Waals surface area contributed by atoms with E-state index in [1.165, 1.54) is 0 Å². The number of rotatable bonds is 5. The highest BCUT2D eigenvalue weighted by molar-refractivity contribution is 7.09. The molecule has 104 valence electrons. The van der Waals surface area contributed by atoms with E-state index in [0.29, 0.717) is 17.1 Å². The van der Waals surface area contributed by atoms with E-state index in [9.17, 15) is 9.59 Å². The van der Waals surface area contributed by atoms with Crippen LogP contribution in [0.25, 0.3) is 0 Å². The third kappa shape index (κ3) is 4.36. The predicted molar refractivity (Wildman–Crippen MR) is 80.0 cm³/mol. The molecule has 0 fully saturated rings. The molecule has 0 spiro atoms. The van der Waals surface area contributed by atoms with Crippen molar-refractivity contribution >= 4 is 34.8 Å². The normalized spacial score (nSPS) is 10.1. The highest BCUT2D eigenvalue weighted by Crippen LogP contribution is 2.10. The molecule has 1 heterocycles.